The van der Waals surface area contributed by atoms with E-state index in [0.717, 1.165) is 11.0 Å². The fourth-order valence-electron chi connectivity index (χ4n) is 1.15. The third kappa shape index (κ3) is 1.78. The van der Waals surface area contributed by atoms with Crippen molar-refractivity contribution in [1.29, 1.82) is 0 Å². The zero-order valence-corrected chi connectivity index (χ0v) is 8.18. The van der Waals surface area contributed by atoms with Crippen molar-refractivity contribution in [1.82, 2.24) is 9.97 Å². The number of aromatic nitrogens is 2. The number of halogens is 1. The fraction of sp³-hybridized carbons (Fsp3) is 0. The molecule has 0 amide bonds. The van der Waals surface area contributed by atoms with Crippen LogP contribution in [-0.2, 0) is 0 Å². The van der Waals surface area contributed by atoms with Crippen LogP contribution in [0.1, 0.15) is 0 Å². The molecule has 0 bridgehead atoms. The SMILES string of the molecule is O[NH+](S)c1cccc2[nH]cnc12.[Cl-]. The highest BCUT2D eigenvalue weighted by Gasteiger charge is 2.10. The summed E-state index contributed by atoms with van der Waals surface area (Å²) >= 11 is 3.86. The molecule has 70 valence electrons. The van der Waals surface area contributed by atoms with Crippen molar-refractivity contribution in [2.75, 3.05) is 0 Å². The van der Waals surface area contributed by atoms with Gasteiger partial charge in [0.15, 0.2) is 5.52 Å². The van der Waals surface area contributed by atoms with E-state index in [1.54, 1.807) is 12.4 Å². The van der Waals surface area contributed by atoms with Crippen molar-refractivity contribution in [3.05, 3.63) is 24.5 Å². The quantitative estimate of drug-likeness (QED) is 0.311. The minimum absolute atomic E-state index is 0. The van der Waals surface area contributed by atoms with Gasteiger partial charge >= 0.3 is 0 Å². The van der Waals surface area contributed by atoms with Gasteiger partial charge in [0.2, 0.25) is 5.69 Å². The van der Waals surface area contributed by atoms with Crippen molar-refractivity contribution in [2.24, 2.45) is 0 Å². The second-order valence-corrected chi connectivity index (χ2v) is 2.85. The number of nitrogens with zero attached hydrogens (tertiary/aromatic N) is 1. The van der Waals surface area contributed by atoms with Crippen LogP contribution in [0.4, 0.5) is 5.69 Å². The second kappa shape index (κ2) is 3.97. The van der Waals surface area contributed by atoms with Crippen LogP contribution in [0.5, 0.6) is 0 Å². The van der Waals surface area contributed by atoms with Crippen LogP contribution in [0.3, 0.4) is 0 Å². The first-order valence-electron chi connectivity index (χ1n) is 3.46. The molecule has 0 aliphatic heterocycles. The number of H-pyrrole nitrogens is 1. The number of aromatic amines is 1. The highest BCUT2D eigenvalue weighted by molar-refractivity contribution is 7.73. The molecule has 4 nitrogen and oxygen atoms in total. The number of benzene rings is 1. The molecule has 0 fully saturated rings. The molecule has 0 aliphatic rings. The van der Waals surface area contributed by atoms with Gasteiger partial charge in [0.1, 0.15) is 0 Å². The monoisotopic (exact) mass is 217 g/mol. The number of hydrogen-bond donors (Lipinski definition) is 4. The smallest absolute Gasteiger partial charge is 0.203 e. The molecule has 0 aliphatic carbocycles. The Balaban J connectivity index is 0.000000845. The molecule has 0 saturated carbocycles. The van der Waals surface area contributed by atoms with E-state index in [1.165, 1.54) is 0 Å². The Kier molecular flexibility index (Phi) is 3.16. The zero-order chi connectivity index (χ0) is 8.55. The van der Waals surface area contributed by atoms with Crippen LogP contribution >= 0.6 is 12.8 Å². The topological polar surface area (TPSA) is 53.4 Å². The van der Waals surface area contributed by atoms with Gasteiger partial charge in [-0.15, -0.1) is 4.47 Å². The Labute approximate surface area is 86.5 Å². The average Bonchev–Trinajstić information content (AvgIpc) is 2.49. The van der Waals surface area contributed by atoms with Crippen molar-refractivity contribution in [3.63, 3.8) is 0 Å². The molecule has 2 rings (SSSR count). The highest BCUT2D eigenvalue weighted by Crippen LogP contribution is 2.15. The number of fused-ring (bicyclic) bond motifs is 1. The fourth-order valence-corrected chi connectivity index (χ4v) is 1.33. The third-order valence-corrected chi connectivity index (χ3v) is 1.93. The molecule has 6 heteroatoms. The van der Waals surface area contributed by atoms with Crippen LogP contribution in [0, 0.1) is 0 Å². The first kappa shape index (κ1) is 10.3. The molecule has 13 heavy (non-hydrogen) atoms. The van der Waals surface area contributed by atoms with E-state index >= 15 is 0 Å². The van der Waals surface area contributed by atoms with Gasteiger partial charge in [-0.05, 0) is 6.07 Å². The minimum Gasteiger partial charge on any atom is -1.00 e. The molecule has 0 saturated heterocycles. The summed E-state index contributed by atoms with van der Waals surface area (Å²) < 4.78 is -0.00676. The largest absolute Gasteiger partial charge is 1.00 e. The van der Waals surface area contributed by atoms with Gasteiger partial charge in [0.05, 0.1) is 24.7 Å². The summed E-state index contributed by atoms with van der Waals surface area (Å²) in [5.74, 6) is 0. The molecule has 1 aromatic carbocycles. The number of imidazole rings is 1. The Morgan fingerprint density at radius 2 is 2.23 bits per heavy atom. The van der Waals surface area contributed by atoms with E-state index < -0.39 is 0 Å². The Morgan fingerprint density at radius 3 is 2.92 bits per heavy atom. The van der Waals surface area contributed by atoms with E-state index in [0.29, 0.717) is 5.69 Å². The van der Waals surface area contributed by atoms with Gasteiger partial charge in [0.25, 0.3) is 0 Å². The van der Waals surface area contributed by atoms with Gasteiger partial charge in [-0.3, -0.25) is 0 Å². The summed E-state index contributed by atoms with van der Waals surface area (Å²) in [6.07, 6.45) is 1.59. The molecular formula is C7H8ClN3OS. The van der Waals surface area contributed by atoms with Crippen molar-refractivity contribution < 1.29 is 22.1 Å². The summed E-state index contributed by atoms with van der Waals surface area (Å²) in [6, 6.07) is 5.50. The standard InChI is InChI=1S/C7H7N3OS.ClH/c11-10(12)6-3-1-2-5-7(6)9-4-8-5;/h1-4,11-12H,(H,8,9);1H. The van der Waals surface area contributed by atoms with Crippen LogP contribution in [-0.4, -0.2) is 15.2 Å². The average molecular weight is 218 g/mol. The first-order chi connectivity index (χ1) is 5.79. The minimum atomic E-state index is -0.00676. The van der Waals surface area contributed by atoms with Gasteiger partial charge in [-0.25, -0.2) is 10.2 Å². The lowest BCUT2D eigenvalue weighted by Crippen LogP contribution is -3.00. The molecule has 3 N–H and O–H groups in total. The van der Waals surface area contributed by atoms with E-state index in [4.69, 9.17) is 5.21 Å². The zero-order valence-electron chi connectivity index (χ0n) is 6.53. The maximum atomic E-state index is 9.17. The number of quaternary nitrogens is 1. The van der Waals surface area contributed by atoms with Gasteiger partial charge < -0.3 is 17.4 Å². The lowest BCUT2D eigenvalue weighted by molar-refractivity contribution is -0.908. The van der Waals surface area contributed by atoms with Crippen LogP contribution in [0.2, 0.25) is 0 Å². The summed E-state index contributed by atoms with van der Waals surface area (Å²) in [6.45, 7) is 0. The van der Waals surface area contributed by atoms with E-state index in [-0.39, 0.29) is 16.9 Å². The van der Waals surface area contributed by atoms with Crippen molar-refractivity contribution >= 4 is 29.5 Å². The lowest BCUT2D eigenvalue weighted by Gasteiger charge is -2.00. The third-order valence-electron chi connectivity index (χ3n) is 1.69. The normalized spacial score (nSPS) is 12.5. The first-order valence-corrected chi connectivity index (χ1v) is 3.91. The molecule has 1 atom stereocenters. The van der Waals surface area contributed by atoms with Crippen LogP contribution < -0.4 is 16.9 Å². The lowest BCUT2D eigenvalue weighted by atomic mass is 10.3. The number of nitrogens with one attached hydrogen (secondary N) is 2. The molecule has 1 heterocycles. The molecular weight excluding hydrogens is 210 g/mol. The molecule has 1 aromatic heterocycles. The summed E-state index contributed by atoms with van der Waals surface area (Å²) in [5, 5.41) is 9.17. The van der Waals surface area contributed by atoms with Gasteiger partial charge in [-0.1, -0.05) is 6.07 Å². The second-order valence-electron chi connectivity index (χ2n) is 2.43. The number of thiol groups is 1. The number of para-hydroxylation sites is 1. The molecule has 2 aromatic rings. The maximum absolute atomic E-state index is 9.17. The van der Waals surface area contributed by atoms with Gasteiger partial charge in [-0.2, -0.15) is 0 Å². The Hall–Kier alpha value is -0.750. The summed E-state index contributed by atoms with van der Waals surface area (Å²) in [5.41, 5.74) is 2.29. The number of rotatable bonds is 1. The summed E-state index contributed by atoms with van der Waals surface area (Å²) in [7, 11) is 0. The summed E-state index contributed by atoms with van der Waals surface area (Å²) in [4.78, 5) is 7.00. The van der Waals surface area contributed by atoms with E-state index in [2.05, 4.69) is 22.8 Å². The maximum Gasteiger partial charge on any atom is 0.203 e. The Morgan fingerprint density at radius 1 is 1.46 bits per heavy atom. The van der Waals surface area contributed by atoms with E-state index in [9.17, 15) is 0 Å². The predicted octanol–water partition coefficient (Wildman–Crippen LogP) is -2.68. The Bertz CT molecular complexity index is 403. The predicted molar refractivity (Wildman–Crippen MR) is 47.5 cm³/mol. The highest BCUT2D eigenvalue weighted by atomic mass is 35.5. The molecule has 0 radical (unpaired) electrons. The van der Waals surface area contributed by atoms with Crippen LogP contribution in [0.25, 0.3) is 11.0 Å². The van der Waals surface area contributed by atoms with Gasteiger partial charge in [0, 0.05) is 6.07 Å². The molecule has 1 unspecified atom stereocenters. The molecule has 0 spiro atoms. The number of hydrogen-bond acceptors (Lipinski definition) is 3. The van der Waals surface area contributed by atoms with Crippen molar-refractivity contribution in [2.45, 2.75) is 0 Å². The van der Waals surface area contributed by atoms with E-state index in [1.807, 2.05) is 12.1 Å². The van der Waals surface area contributed by atoms with Crippen molar-refractivity contribution in [3.8, 4) is 0 Å². The van der Waals surface area contributed by atoms with Crippen LogP contribution in [0.15, 0.2) is 24.5 Å².